The van der Waals surface area contributed by atoms with Crippen molar-refractivity contribution in [3.8, 4) is 0 Å². The number of hydrogen-bond donors (Lipinski definition) is 0. The Bertz CT molecular complexity index is 248. The van der Waals surface area contributed by atoms with Crippen LogP contribution >= 0.6 is 11.6 Å². The second-order valence-electron chi connectivity index (χ2n) is 2.98. The van der Waals surface area contributed by atoms with Crippen molar-refractivity contribution in [3.05, 3.63) is 47.5 Å². The molecule has 1 unspecified atom stereocenters. The van der Waals surface area contributed by atoms with Crippen LogP contribution in [-0.2, 0) is 0 Å². The molecule has 1 heteroatoms. The highest BCUT2D eigenvalue weighted by atomic mass is 35.5. The molecule has 0 aliphatic rings. The number of benzene rings is 1. The molecule has 1 aromatic rings. The maximum Gasteiger partial charge on any atom is 0.0406 e. The fourth-order valence-corrected chi connectivity index (χ4v) is 1.30. The first-order valence-electron chi connectivity index (χ1n) is 4.10. The van der Waals surface area contributed by atoms with E-state index in [0.29, 0.717) is 5.92 Å². The summed E-state index contributed by atoms with van der Waals surface area (Å²) in [6.45, 7) is 5.90. The molecule has 0 spiro atoms. The van der Waals surface area contributed by atoms with Gasteiger partial charge in [-0.25, -0.2) is 0 Å². The molecule has 0 bridgehead atoms. The smallest absolute Gasteiger partial charge is 0.0406 e. The van der Waals surface area contributed by atoms with Gasteiger partial charge in [0.1, 0.15) is 0 Å². The molecule has 12 heavy (non-hydrogen) atoms. The van der Waals surface area contributed by atoms with Crippen LogP contribution in [0.2, 0.25) is 5.02 Å². The van der Waals surface area contributed by atoms with Crippen molar-refractivity contribution in [3.63, 3.8) is 0 Å². The van der Waals surface area contributed by atoms with Gasteiger partial charge in [0.05, 0.1) is 0 Å². The lowest BCUT2D eigenvalue weighted by atomic mass is 9.98. The highest BCUT2D eigenvalue weighted by Crippen LogP contribution is 2.20. The zero-order valence-corrected chi connectivity index (χ0v) is 8.01. The number of halogens is 1. The summed E-state index contributed by atoms with van der Waals surface area (Å²) < 4.78 is 0. The summed E-state index contributed by atoms with van der Waals surface area (Å²) in [7, 11) is 0. The standard InChI is InChI=1S/C11H13Cl/c1-3-4-9(2)10-5-7-11(12)8-6-10/h3,5-9H,1,4H2,2H3. The van der Waals surface area contributed by atoms with E-state index in [9.17, 15) is 0 Å². The Hall–Kier alpha value is -0.750. The molecule has 0 radical (unpaired) electrons. The van der Waals surface area contributed by atoms with Gasteiger partial charge < -0.3 is 0 Å². The molecule has 64 valence electrons. The summed E-state index contributed by atoms with van der Waals surface area (Å²) in [5.41, 5.74) is 1.32. The van der Waals surface area contributed by atoms with Crippen LogP contribution in [-0.4, -0.2) is 0 Å². The molecule has 0 saturated heterocycles. The Morgan fingerprint density at radius 2 is 2.00 bits per heavy atom. The lowest BCUT2D eigenvalue weighted by Gasteiger charge is -2.08. The molecule has 0 N–H and O–H groups in total. The molecule has 0 aliphatic carbocycles. The van der Waals surface area contributed by atoms with Crippen molar-refractivity contribution in [2.24, 2.45) is 0 Å². The van der Waals surface area contributed by atoms with Crippen LogP contribution in [0, 0.1) is 0 Å². The quantitative estimate of drug-likeness (QED) is 0.617. The molecule has 1 rings (SSSR count). The van der Waals surface area contributed by atoms with E-state index in [-0.39, 0.29) is 0 Å². The third-order valence-electron chi connectivity index (χ3n) is 1.96. The van der Waals surface area contributed by atoms with Gasteiger partial charge in [-0.05, 0) is 30.0 Å². The molecular weight excluding hydrogens is 168 g/mol. The fraction of sp³-hybridized carbons (Fsp3) is 0.273. The SMILES string of the molecule is C=CCC(C)c1ccc(Cl)cc1. The molecule has 1 aromatic carbocycles. The van der Waals surface area contributed by atoms with E-state index in [2.05, 4.69) is 25.6 Å². The summed E-state index contributed by atoms with van der Waals surface area (Å²) in [6.07, 6.45) is 2.96. The van der Waals surface area contributed by atoms with Gasteiger partial charge in [0.15, 0.2) is 0 Å². The normalized spacial score (nSPS) is 12.5. The first kappa shape index (κ1) is 9.34. The van der Waals surface area contributed by atoms with Crippen LogP contribution < -0.4 is 0 Å². The first-order chi connectivity index (χ1) is 5.74. The van der Waals surface area contributed by atoms with Crippen LogP contribution in [0.1, 0.15) is 24.8 Å². The lowest BCUT2D eigenvalue weighted by molar-refractivity contribution is 0.782. The molecule has 0 amide bonds. The van der Waals surface area contributed by atoms with Crippen molar-refractivity contribution in [1.82, 2.24) is 0 Å². The van der Waals surface area contributed by atoms with Crippen LogP contribution in [0.3, 0.4) is 0 Å². The molecule has 0 fully saturated rings. The second kappa shape index (κ2) is 4.32. The first-order valence-corrected chi connectivity index (χ1v) is 4.48. The number of hydrogen-bond acceptors (Lipinski definition) is 0. The number of rotatable bonds is 3. The maximum absolute atomic E-state index is 5.77. The predicted molar refractivity (Wildman–Crippen MR) is 54.7 cm³/mol. The molecule has 0 saturated carbocycles. The van der Waals surface area contributed by atoms with Crippen molar-refractivity contribution >= 4 is 11.6 Å². The average molecular weight is 181 g/mol. The highest BCUT2D eigenvalue weighted by Gasteiger charge is 2.01. The van der Waals surface area contributed by atoms with E-state index in [4.69, 9.17) is 11.6 Å². The van der Waals surface area contributed by atoms with Crippen molar-refractivity contribution in [1.29, 1.82) is 0 Å². The van der Waals surface area contributed by atoms with Gasteiger partial charge in [-0.3, -0.25) is 0 Å². The Kier molecular flexibility index (Phi) is 3.36. The fourth-order valence-electron chi connectivity index (χ4n) is 1.18. The third-order valence-corrected chi connectivity index (χ3v) is 2.21. The second-order valence-corrected chi connectivity index (χ2v) is 3.41. The molecule has 1 atom stereocenters. The van der Waals surface area contributed by atoms with E-state index in [1.54, 1.807) is 0 Å². The van der Waals surface area contributed by atoms with Crippen LogP contribution in [0.4, 0.5) is 0 Å². The molecule has 0 aromatic heterocycles. The molecular formula is C11H13Cl. The van der Waals surface area contributed by atoms with Gasteiger partial charge >= 0.3 is 0 Å². The van der Waals surface area contributed by atoms with Crippen LogP contribution in [0.25, 0.3) is 0 Å². The van der Waals surface area contributed by atoms with Gasteiger partial charge in [0, 0.05) is 5.02 Å². The van der Waals surface area contributed by atoms with Gasteiger partial charge in [-0.15, -0.1) is 6.58 Å². The topological polar surface area (TPSA) is 0 Å². The van der Waals surface area contributed by atoms with Gasteiger partial charge in [-0.1, -0.05) is 36.7 Å². The Labute approximate surface area is 78.9 Å². The van der Waals surface area contributed by atoms with Crippen LogP contribution in [0.15, 0.2) is 36.9 Å². The van der Waals surface area contributed by atoms with Gasteiger partial charge in [-0.2, -0.15) is 0 Å². The minimum Gasteiger partial charge on any atom is -0.103 e. The van der Waals surface area contributed by atoms with Gasteiger partial charge in [0.25, 0.3) is 0 Å². The summed E-state index contributed by atoms with van der Waals surface area (Å²) >= 11 is 5.77. The zero-order chi connectivity index (χ0) is 8.97. The maximum atomic E-state index is 5.77. The van der Waals surface area contributed by atoms with E-state index in [0.717, 1.165) is 11.4 Å². The Balaban J connectivity index is 2.74. The van der Waals surface area contributed by atoms with E-state index >= 15 is 0 Å². The third kappa shape index (κ3) is 2.38. The summed E-state index contributed by atoms with van der Waals surface area (Å²) in [5, 5.41) is 0.796. The van der Waals surface area contributed by atoms with Crippen molar-refractivity contribution in [2.75, 3.05) is 0 Å². The Morgan fingerprint density at radius 3 is 2.50 bits per heavy atom. The molecule has 0 aliphatic heterocycles. The van der Waals surface area contributed by atoms with E-state index in [1.165, 1.54) is 5.56 Å². The average Bonchev–Trinajstić information content (AvgIpc) is 2.06. The van der Waals surface area contributed by atoms with Crippen molar-refractivity contribution < 1.29 is 0 Å². The highest BCUT2D eigenvalue weighted by molar-refractivity contribution is 6.30. The predicted octanol–water partition coefficient (Wildman–Crippen LogP) is 4.02. The minimum atomic E-state index is 0.541. The van der Waals surface area contributed by atoms with Crippen LogP contribution in [0.5, 0.6) is 0 Å². The zero-order valence-electron chi connectivity index (χ0n) is 7.26. The van der Waals surface area contributed by atoms with Gasteiger partial charge in [0.2, 0.25) is 0 Å². The number of allylic oxidation sites excluding steroid dienone is 1. The monoisotopic (exact) mass is 180 g/mol. The molecule has 0 heterocycles. The molecule has 0 nitrogen and oxygen atoms in total. The van der Waals surface area contributed by atoms with E-state index < -0.39 is 0 Å². The largest absolute Gasteiger partial charge is 0.103 e. The van der Waals surface area contributed by atoms with Crippen molar-refractivity contribution in [2.45, 2.75) is 19.3 Å². The van der Waals surface area contributed by atoms with E-state index in [1.807, 2.05) is 18.2 Å². The minimum absolute atomic E-state index is 0.541. The Morgan fingerprint density at radius 1 is 1.42 bits per heavy atom. The summed E-state index contributed by atoms with van der Waals surface area (Å²) in [6, 6.07) is 7.99. The summed E-state index contributed by atoms with van der Waals surface area (Å²) in [4.78, 5) is 0. The lowest BCUT2D eigenvalue weighted by Crippen LogP contribution is -1.90. The summed E-state index contributed by atoms with van der Waals surface area (Å²) in [5.74, 6) is 0.541.